The van der Waals surface area contributed by atoms with Gasteiger partial charge in [0, 0.05) is 24.9 Å². The van der Waals surface area contributed by atoms with Gasteiger partial charge in [0.25, 0.3) is 0 Å². The fraction of sp³-hybridized carbons (Fsp3) is 0.750. The molecule has 1 aromatic rings. The van der Waals surface area contributed by atoms with Gasteiger partial charge in [0.15, 0.2) is 5.82 Å². The maximum absolute atomic E-state index is 11.8. The molecule has 0 radical (unpaired) electrons. The summed E-state index contributed by atoms with van der Waals surface area (Å²) in [7, 11) is 0. The third kappa shape index (κ3) is 2.19. The number of amides is 1. The fourth-order valence-corrected chi connectivity index (χ4v) is 2.27. The highest BCUT2D eigenvalue weighted by Crippen LogP contribution is 2.31. The van der Waals surface area contributed by atoms with Gasteiger partial charge in [0.1, 0.15) is 0 Å². The van der Waals surface area contributed by atoms with Gasteiger partial charge in [-0.05, 0) is 12.8 Å². The summed E-state index contributed by atoms with van der Waals surface area (Å²) in [4.78, 5) is 18.0. The second-order valence-corrected chi connectivity index (χ2v) is 5.44. The summed E-state index contributed by atoms with van der Waals surface area (Å²) >= 11 is 0. The lowest BCUT2D eigenvalue weighted by atomic mass is 10.2. The lowest BCUT2D eigenvalue weighted by Gasteiger charge is -2.15. The number of hydrogen-bond donors (Lipinski definition) is 1. The van der Waals surface area contributed by atoms with Gasteiger partial charge in [-0.15, -0.1) is 0 Å². The van der Waals surface area contributed by atoms with Crippen LogP contribution < -0.4 is 5.32 Å². The number of carbonyl (C=O) groups is 1. The zero-order chi connectivity index (χ0) is 12.7. The molecule has 1 aliphatic carbocycles. The van der Waals surface area contributed by atoms with Gasteiger partial charge in [-0.1, -0.05) is 19.0 Å². The fourth-order valence-electron chi connectivity index (χ4n) is 2.27. The Morgan fingerprint density at radius 1 is 1.44 bits per heavy atom. The molecule has 0 spiro atoms. The molecule has 98 valence electrons. The van der Waals surface area contributed by atoms with Crippen molar-refractivity contribution in [1.82, 2.24) is 15.0 Å². The third-order valence-corrected chi connectivity index (χ3v) is 3.43. The van der Waals surface area contributed by atoms with Crippen LogP contribution in [0.2, 0.25) is 0 Å². The van der Waals surface area contributed by atoms with Crippen LogP contribution in [0.1, 0.15) is 44.9 Å². The summed E-state index contributed by atoms with van der Waals surface area (Å²) in [6.07, 6.45) is 2.82. The highest BCUT2D eigenvalue weighted by molar-refractivity contribution is 5.80. The predicted molar refractivity (Wildman–Crippen MR) is 65.1 cm³/mol. The van der Waals surface area contributed by atoms with Crippen molar-refractivity contribution in [2.24, 2.45) is 0 Å². The van der Waals surface area contributed by atoms with E-state index >= 15 is 0 Å². The van der Waals surface area contributed by atoms with E-state index in [1.54, 1.807) is 0 Å². The highest BCUT2D eigenvalue weighted by atomic mass is 16.5. The van der Waals surface area contributed by atoms with Crippen LogP contribution in [0.25, 0.3) is 0 Å². The van der Waals surface area contributed by atoms with Crippen molar-refractivity contribution in [2.75, 3.05) is 11.9 Å². The first-order valence-electron chi connectivity index (χ1n) is 6.53. The van der Waals surface area contributed by atoms with Crippen molar-refractivity contribution < 1.29 is 9.32 Å². The molecule has 1 N–H and O–H groups in total. The molecule has 1 aromatic heterocycles. The number of aromatic nitrogens is 2. The summed E-state index contributed by atoms with van der Waals surface area (Å²) in [6, 6.07) is 1.01. The van der Waals surface area contributed by atoms with E-state index in [9.17, 15) is 4.79 Å². The molecule has 6 heteroatoms. The van der Waals surface area contributed by atoms with Crippen LogP contribution in [-0.4, -0.2) is 39.6 Å². The van der Waals surface area contributed by atoms with E-state index in [2.05, 4.69) is 15.5 Å². The molecule has 1 aliphatic heterocycles. The van der Waals surface area contributed by atoms with Gasteiger partial charge in [-0.2, -0.15) is 4.98 Å². The van der Waals surface area contributed by atoms with Crippen molar-refractivity contribution in [1.29, 1.82) is 0 Å². The van der Waals surface area contributed by atoms with Crippen LogP contribution in [-0.2, 0) is 4.79 Å². The molecule has 1 atom stereocenters. The SMILES string of the molecule is CC(C)c1noc(NC2CC(=O)N(C3CC3)C2)n1. The molecule has 2 aliphatic rings. The van der Waals surface area contributed by atoms with Crippen molar-refractivity contribution >= 4 is 11.9 Å². The van der Waals surface area contributed by atoms with E-state index in [-0.39, 0.29) is 17.9 Å². The van der Waals surface area contributed by atoms with Gasteiger partial charge in [-0.3, -0.25) is 4.79 Å². The van der Waals surface area contributed by atoms with Crippen molar-refractivity contribution in [3.8, 4) is 0 Å². The average molecular weight is 250 g/mol. The summed E-state index contributed by atoms with van der Waals surface area (Å²) in [5.41, 5.74) is 0. The summed E-state index contributed by atoms with van der Waals surface area (Å²) in [5.74, 6) is 1.18. The van der Waals surface area contributed by atoms with Crippen LogP contribution in [0, 0.1) is 0 Å². The Hall–Kier alpha value is -1.59. The molecular formula is C12H18N4O2. The Morgan fingerprint density at radius 3 is 2.83 bits per heavy atom. The molecule has 2 fully saturated rings. The minimum Gasteiger partial charge on any atom is -0.338 e. The van der Waals surface area contributed by atoms with Crippen LogP contribution >= 0.6 is 0 Å². The van der Waals surface area contributed by atoms with E-state index in [1.807, 2.05) is 18.7 Å². The van der Waals surface area contributed by atoms with Crippen molar-refractivity contribution in [3.63, 3.8) is 0 Å². The Labute approximate surface area is 106 Å². The normalized spacial score (nSPS) is 24.1. The number of likely N-dealkylation sites (tertiary alicyclic amines) is 1. The zero-order valence-corrected chi connectivity index (χ0v) is 10.7. The molecule has 3 rings (SSSR count). The first-order valence-corrected chi connectivity index (χ1v) is 6.53. The van der Waals surface area contributed by atoms with Crippen LogP contribution in [0.4, 0.5) is 6.01 Å². The molecule has 0 aromatic carbocycles. The quantitative estimate of drug-likeness (QED) is 0.873. The predicted octanol–water partition coefficient (Wildman–Crippen LogP) is 1.37. The Bertz CT molecular complexity index is 453. The molecule has 18 heavy (non-hydrogen) atoms. The highest BCUT2D eigenvalue weighted by Gasteiger charge is 2.39. The zero-order valence-electron chi connectivity index (χ0n) is 10.7. The second kappa shape index (κ2) is 4.26. The minimum atomic E-state index is 0.0959. The maximum atomic E-state index is 11.8. The first kappa shape index (κ1) is 11.5. The molecule has 0 bridgehead atoms. The van der Waals surface area contributed by atoms with Crippen molar-refractivity contribution in [2.45, 2.75) is 51.1 Å². The molecule has 2 heterocycles. The van der Waals surface area contributed by atoms with Gasteiger partial charge < -0.3 is 14.7 Å². The average Bonchev–Trinajstić information content (AvgIpc) is 2.94. The van der Waals surface area contributed by atoms with E-state index < -0.39 is 0 Å². The topological polar surface area (TPSA) is 71.3 Å². The standard InChI is InChI=1S/C12H18N4O2/c1-7(2)11-14-12(18-15-11)13-8-5-10(17)16(6-8)9-3-4-9/h7-9H,3-6H2,1-2H3,(H,13,14,15). The van der Waals surface area contributed by atoms with Gasteiger partial charge in [0.2, 0.25) is 5.91 Å². The summed E-state index contributed by atoms with van der Waals surface area (Å²) < 4.78 is 5.13. The van der Waals surface area contributed by atoms with Crippen molar-refractivity contribution in [3.05, 3.63) is 5.82 Å². The number of carbonyl (C=O) groups excluding carboxylic acids is 1. The summed E-state index contributed by atoms with van der Waals surface area (Å²) in [6.45, 7) is 4.79. The number of nitrogens with zero attached hydrogens (tertiary/aromatic N) is 3. The van der Waals surface area contributed by atoms with Crippen LogP contribution in [0.5, 0.6) is 0 Å². The molecule has 1 unspecified atom stereocenters. The monoisotopic (exact) mass is 250 g/mol. The van der Waals surface area contributed by atoms with Gasteiger partial charge in [-0.25, -0.2) is 0 Å². The van der Waals surface area contributed by atoms with Gasteiger partial charge >= 0.3 is 6.01 Å². The molecular weight excluding hydrogens is 232 g/mol. The first-order chi connectivity index (χ1) is 8.63. The third-order valence-electron chi connectivity index (χ3n) is 3.43. The van der Waals surface area contributed by atoms with Crippen LogP contribution in [0.3, 0.4) is 0 Å². The number of rotatable bonds is 4. The largest absolute Gasteiger partial charge is 0.338 e. The van der Waals surface area contributed by atoms with E-state index in [0.717, 1.165) is 19.4 Å². The second-order valence-electron chi connectivity index (χ2n) is 5.44. The van der Waals surface area contributed by atoms with E-state index in [4.69, 9.17) is 4.52 Å². The lowest BCUT2D eigenvalue weighted by Crippen LogP contribution is -2.29. The molecule has 1 amide bonds. The maximum Gasteiger partial charge on any atom is 0.321 e. The van der Waals surface area contributed by atoms with E-state index in [0.29, 0.717) is 24.3 Å². The number of hydrogen-bond acceptors (Lipinski definition) is 5. The van der Waals surface area contributed by atoms with Crippen LogP contribution in [0.15, 0.2) is 4.52 Å². The number of anilines is 1. The molecule has 6 nitrogen and oxygen atoms in total. The Morgan fingerprint density at radius 2 is 2.22 bits per heavy atom. The molecule has 1 saturated carbocycles. The Kier molecular flexibility index (Phi) is 2.72. The number of nitrogens with one attached hydrogen (secondary N) is 1. The minimum absolute atomic E-state index is 0.0959. The lowest BCUT2D eigenvalue weighted by molar-refractivity contribution is -0.128. The molecule has 1 saturated heterocycles. The smallest absolute Gasteiger partial charge is 0.321 e. The Balaban J connectivity index is 1.61. The van der Waals surface area contributed by atoms with Gasteiger partial charge in [0.05, 0.1) is 6.04 Å². The summed E-state index contributed by atoms with van der Waals surface area (Å²) in [5, 5.41) is 7.05. The van der Waals surface area contributed by atoms with E-state index in [1.165, 1.54) is 0 Å².